The summed E-state index contributed by atoms with van der Waals surface area (Å²) in [6, 6.07) is 10.7. The first kappa shape index (κ1) is 23.2. The lowest BCUT2D eigenvalue weighted by Crippen LogP contribution is -2.24. The molecule has 0 aliphatic heterocycles. The van der Waals surface area contributed by atoms with Gasteiger partial charge in [-0.25, -0.2) is 4.79 Å². The fourth-order valence-electron chi connectivity index (χ4n) is 3.22. The summed E-state index contributed by atoms with van der Waals surface area (Å²) in [6.07, 6.45) is 2.30. The Kier molecular flexibility index (Phi) is 7.45. The molecule has 0 saturated heterocycles. The molecule has 0 unspecified atom stereocenters. The number of amides is 1. The van der Waals surface area contributed by atoms with Crippen molar-refractivity contribution in [1.29, 1.82) is 0 Å². The summed E-state index contributed by atoms with van der Waals surface area (Å²) in [5.74, 6) is -2.99. The van der Waals surface area contributed by atoms with E-state index in [1.807, 2.05) is 28.4 Å². The molecule has 0 spiro atoms. The lowest BCUT2D eigenvalue weighted by atomic mass is 10.0. The number of carbonyl (C=O) groups is 3. The zero-order chi connectivity index (χ0) is 23.3. The summed E-state index contributed by atoms with van der Waals surface area (Å²) in [5.41, 5.74) is 7.84. The number of hydrogen-bond donors (Lipinski definition) is 2. The predicted molar refractivity (Wildman–Crippen MR) is 125 cm³/mol. The van der Waals surface area contributed by atoms with Crippen molar-refractivity contribution in [1.82, 2.24) is 4.57 Å². The summed E-state index contributed by atoms with van der Waals surface area (Å²) in [6.45, 7) is 1.16. The molecule has 0 aliphatic rings. The van der Waals surface area contributed by atoms with Gasteiger partial charge in [-0.3, -0.25) is 9.59 Å². The number of hydrogen-bond acceptors (Lipinski definition) is 6. The number of carboxylic acid groups (broad SMARTS) is 1. The number of carbonyl (C=O) groups excluding carboxylic acids is 2. The number of rotatable bonds is 8. The van der Waals surface area contributed by atoms with Crippen molar-refractivity contribution in [3.63, 3.8) is 0 Å². The lowest BCUT2D eigenvalue weighted by molar-refractivity contribution is -0.139. The average molecular weight is 471 g/mol. The van der Waals surface area contributed by atoms with Crippen molar-refractivity contribution in [3.05, 3.63) is 75.1 Å². The van der Waals surface area contributed by atoms with Crippen LogP contribution in [0.1, 0.15) is 26.5 Å². The standard InChI is InChI=1S/C23H22N2O5S2/c1-14-17(22(28)23(24)29)11-15(30-13-21(26)27)5-3-8-25(2)18(14)12-20-16(7-10-32-20)19-6-4-9-31-19/h3-11H,12-13H2,1-2H3,(H2,24,29)(H,26,27). The van der Waals surface area contributed by atoms with Gasteiger partial charge in [0.2, 0.25) is 5.78 Å². The van der Waals surface area contributed by atoms with Gasteiger partial charge in [-0.15, -0.1) is 22.7 Å². The van der Waals surface area contributed by atoms with Crippen LogP contribution in [0.2, 0.25) is 0 Å². The maximum Gasteiger partial charge on any atom is 0.341 e. The first-order chi connectivity index (χ1) is 15.3. The van der Waals surface area contributed by atoms with Crippen LogP contribution in [0.25, 0.3) is 10.4 Å². The Hall–Kier alpha value is -3.43. The Morgan fingerprint density at radius 2 is 1.91 bits per heavy atom. The highest BCUT2D eigenvalue weighted by Crippen LogP contribution is 2.33. The molecule has 3 aromatic heterocycles. The Bertz CT molecular complexity index is 1210. The maximum absolute atomic E-state index is 12.7. The van der Waals surface area contributed by atoms with Gasteiger partial charge in [0.1, 0.15) is 5.75 Å². The molecule has 0 fully saturated rings. The topological polar surface area (TPSA) is 112 Å². The molecular weight excluding hydrogens is 448 g/mol. The molecule has 0 bridgehead atoms. The minimum absolute atomic E-state index is 0.0638. The molecule has 0 saturated carbocycles. The molecule has 9 heteroatoms. The Morgan fingerprint density at radius 1 is 1.12 bits per heavy atom. The van der Waals surface area contributed by atoms with Gasteiger partial charge in [0.15, 0.2) is 6.61 Å². The van der Waals surface area contributed by atoms with E-state index < -0.39 is 24.3 Å². The molecule has 3 N–H and O–H groups in total. The van der Waals surface area contributed by atoms with E-state index in [0.717, 1.165) is 21.0 Å². The molecular formula is C23H22N2O5S2. The van der Waals surface area contributed by atoms with Crippen molar-refractivity contribution in [2.75, 3.05) is 6.61 Å². The van der Waals surface area contributed by atoms with Crippen LogP contribution in [0.3, 0.4) is 0 Å². The molecule has 0 aliphatic carbocycles. The number of Topliss-reactive ketones (excluding diaryl/α,β-unsaturated/α-hetero) is 1. The maximum atomic E-state index is 12.7. The Morgan fingerprint density at radius 3 is 2.56 bits per heavy atom. The van der Waals surface area contributed by atoms with E-state index in [-0.39, 0.29) is 11.3 Å². The summed E-state index contributed by atoms with van der Waals surface area (Å²) in [5, 5.41) is 13.0. The third kappa shape index (κ3) is 5.43. The van der Waals surface area contributed by atoms with E-state index in [4.69, 9.17) is 15.6 Å². The van der Waals surface area contributed by atoms with Crippen molar-refractivity contribution < 1.29 is 24.2 Å². The van der Waals surface area contributed by atoms with E-state index in [1.165, 1.54) is 12.1 Å². The van der Waals surface area contributed by atoms with Crippen molar-refractivity contribution in [2.24, 2.45) is 12.8 Å². The van der Waals surface area contributed by atoms with E-state index in [2.05, 4.69) is 12.1 Å². The van der Waals surface area contributed by atoms with Gasteiger partial charge in [0, 0.05) is 46.2 Å². The van der Waals surface area contributed by atoms with Gasteiger partial charge in [-0.1, -0.05) is 6.07 Å². The van der Waals surface area contributed by atoms with Gasteiger partial charge in [0.25, 0.3) is 5.91 Å². The number of carboxylic acids is 1. The number of primary amides is 1. The second-order valence-corrected chi connectivity index (χ2v) is 8.89. The molecule has 166 valence electrons. The number of thiophene rings is 2. The van der Waals surface area contributed by atoms with Crippen LogP contribution in [-0.4, -0.2) is 33.9 Å². The third-order valence-electron chi connectivity index (χ3n) is 4.81. The Balaban J connectivity index is 2.19. The van der Waals surface area contributed by atoms with Gasteiger partial charge in [-0.2, -0.15) is 0 Å². The zero-order valence-corrected chi connectivity index (χ0v) is 19.2. The van der Waals surface area contributed by atoms with Gasteiger partial charge >= 0.3 is 5.97 Å². The second-order valence-electron chi connectivity index (χ2n) is 6.94. The van der Waals surface area contributed by atoms with Crippen molar-refractivity contribution >= 4 is 40.3 Å². The summed E-state index contributed by atoms with van der Waals surface area (Å²) in [7, 11) is 1.84. The highest BCUT2D eigenvalue weighted by Gasteiger charge is 2.19. The highest BCUT2D eigenvalue weighted by atomic mass is 32.1. The van der Waals surface area contributed by atoms with Crippen LogP contribution in [0.15, 0.2) is 53.4 Å². The minimum atomic E-state index is -1.16. The summed E-state index contributed by atoms with van der Waals surface area (Å²) in [4.78, 5) is 37.6. The number of ether oxygens (including phenoxy) is 1. The van der Waals surface area contributed by atoms with E-state index in [0.29, 0.717) is 12.0 Å². The SMILES string of the molecule is Cc1c(C(=O)C(N)=O)cc(OCC(=O)O)cccn(C)c1Cc1sccc1-c1cccs1. The van der Waals surface area contributed by atoms with Crippen LogP contribution >= 0.6 is 22.7 Å². The van der Waals surface area contributed by atoms with E-state index in [1.54, 1.807) is 41.9 Å². The molecule has 0 radical (unpaired) electrons. The number of aromatic nitrogens is 1. The second kappa shape index (κ2) is 10.3. The zero-order valence-electron chi connectivity index (χ0n) is 17.5. The van der Waals surface area contributed by atoms with E-state index in [9.17, 15) is 14.4 Å². The van der Waals surface area contributed by atoms with Crippen LogP contribution < -0.4 is 10.5 Å². The van der Waals surface area contributed by atoms with Crippen LogP contribution in [0.5, 0.6) is 5.75 Å². The lowest BCUT2D eigenvalue weighted by Gasteiger charge is -2.12. The normalized spacial score (nSPS) is 10.4. The average Bonchev–Trinajstić information content (AvgIpc) is 3.43. The first-order valence-electron chi connectivity index (χ1n) is 9.60. The summed E-state index contributed by atoms with van der Waals surface area (Å²) < 4.78 is 7.15. The fourth-order valence-corrected chi connectivity index (χ4v) is 4.95. The molecule has 0 atom stereocenters. The molecule has 0 aromatic carbocycles. The van der Waals surface area contributed by atoms with Crippen LogP contribution in [0, 0.1) is 6.92 Å². The Labute approximate surface area is 193 Å². The monoisotopic (exact) mass is 470 g/mol. The number of aryl methyl sites for hydroxylation is 1. The van der Waals surface area contributed by atoms with Gasteiger partial charge in [-0.05, 0) is 53.6 Å². The minimum Gasteiger partial charge on any atom is -0.482 e. The molecule has 3 aromatic rings. The number of ketones is 1. The summed E-state index contributed by atoms with van der Waals surface area (Å²) >= 11 is 3.26. The first-order valence-corrected chi connectivity index (χ1v) is 11.4. The fraction of sp³-hybridized carbons (Fsp3) is 0.174. The van der Waals surface area contributed by atoms with E-state index >= 15 is 0 Å². The molecule has 7 nitrogen and oxygen atoms in total. The van der Waals surface area contributed by atoms with Crippen LogP contribution in [0.4, 0.5) is 0 Å². The van der Waals surface area contributed by atoms with Crippen molar-refractivity contribution in [2.45, 2.75) is 13.3 Å². The van der Waals surface area contributed by atoms with Crippen LogP contribution in [-0.2, 0) is 23.1 Å². The van der Waals surface area contributed by atoms with Gasteiger partial charge < -0.3 is 20.1 Å². The smallest absolute Gasteiger partial charge is 0.341 e. The third-order valence-corrected chi connectivity index (χ3v) is 6.63. The molecule has 1 amide bonds. The molecule has 32 heavy (non-hydrogen) atoms. The largest absolute Gasteiger partial charge is 0.482 e. The quantitative estimate of drug-likeness (QED) is 0.382. The highest BCUT2D eigenvalue weighted by molar-refractivity contribution is 7.14. The molecule has 3 rings (SSSR count). The number of aliphatic carboxylic acids is 1. The number of nitrogens with zero attached hydrogens (tertiary/aromatic N) is 1. The van der Waals surface area contributed by atoms with Gasteiger partial charge in [0.05, 0.1) is 0 Å². The molecule has 3 heterocycles. The predicted octanol–water partition coefficient (Wildman–Crippen LogP) is 3.97. The van der Waals surface area contributed by atoms with Crippen molar-refractivity contribution in [3.8, 4) is 16.2 Å². The number of nitrogens with two attached hydrogens (primary N) is 1.